The summed E-state index contributed by atoms with van der Waals surface area (Å²) in [5.74, 6) is 0.747. The van der Waals surface area contributed by atoms with E-state index in [1.165, 1.54) is 6.92 Å². The number of ether oxygens (including phenoxy) is 3. The van der Waals surface area contributed by atoms with Crippen LogP contribution in [-0.2, 0) is 40.3 Å². The van der Waals surface area contributed by atoms with Gasteiger partial charge in [-0.05, 0) is 67.2 Å². The van der Waals surface area contributed by atoms with Crippen LogP contribution in [0.25, 0.3) is 0 Å². The van der Waals surface area contributed by atoms with Crippen molar-refractivity contribution < 1.29 is 23.8 Å². The van der Waals surface area contributed by atoms with Crippen LogP contribution in [0, 0.1) is 6.92 Å². The molecule has 0 aliphatic heterocycles. The molecular weight excluding hydrogens is 530 g/mol. The van der Waals surface area contributed by atoms with Crippen LogP contribution in [0.4, 0.5) is 5.69 Å². The molecule has 224 valence electrons. The summed E-state index contributed by atoms with van der Waals surface area (Å²) in [5.41, 5.74) is 5.85. The molecule has 0 aliphatic rings. The van der Waals surface area contributed by atoms with E-state index in [1.54, 1.807) is 28.2 Å². The lowest BCUT2D eigenvalue weighted by molar-refractivity contribution is -0.136. The van der Waals surface area contributed by atoms with Gasteiger partial charge in [0.05, 0.1) is 27.8 Å². The predicted molar refractivity (Wildman–Crippen MR) is 168 cm³/mol. The molecule has 42 heavy (non-hydrogen) atoms. The molecule has 0 heterocycles. The Balaban J connectivity index is 2.26. The van der Waals surface area contributed by atoms with Crippen molar-refractivity contribution in [3.8, 4) is 11.5 Å². The summed E-state index contributed by atoms with van der Waals surface area (Å²) in [6.07, 6.45) is 1.44. The second-order valence-electron chi connectivity index (χ2n) is 10.3. The molecule has 0 N–H and O–H groups in total. The van der Waals surface area contributed by atoms with Crippen LogP contribution < -0.4 is 14.1 Å². The smallest absolute Gasteiger partial charge is 0.379 e. The van der Waals surface area contributed by atoms with Crippen molar-refractivity contribution in [2.45, 2.75) is 60.5 Å². The predicted octanol–water partition coefficient (Wildman–Crippen LogP) is 6.20. The molecule has 0 aliphatic carbocycles. The number of carbonyl (C=O) groups is 2. The van der Waals surface area contributed by atoms with Gasteiger partial charge in [0.2, 0.25) is 0 Å². The number of hydrogen-bond acceptors (Lipinski definition) is 6. The molecule has 0 aromatic heterocycles. The van der Waals surface area contributed by atoms with E-state index in [1.807, 2.05) is 53.4 Å². The molecule has 0 radical (unpaired) electrons. The van der Waals surface area contributed by atoms with E-state index in [2.05, 4.69) is 32.9 Å². The maximum Gasteiger partial charge on any atom is 0.379 e. The standard InChI is InChI=1S/C34H44N3O5/c1-9-28-20-24(4)21-29(10-2)32(28)37(6,25(5)38)35-33(34(39)42-11-3)36(22-26-12-16-30(40-7)17-13-26)23-27-14-18-31(41-8)19-15-27/h12-21H,9-11,22-23H2,1-8H3/q+1. The molecule has 3 aromatic carbocycles. The van der Waals surface area contributed by atoms with Crippen LogP contribution in [0.15, 0.2) is 65.8 Å². The van der Waals surface area contributed by atoms with Crippen molar-refractivity contribution in [2.24, 2.45) is 5.10 Å². The normalized spacial score (nSPS) is 12.8. The molecule has 3 aromatic rings. The fourth-order valence-corrected chi connectivity index (χ4v) is 5.04. The zero-order valence-electron chi connectivity index (χ0n) is 26.2. The minimum Gasteiger partial charge on any atom is -0.497 e. The summed E-state index contributed by atoms with van der Waals surface area (Å²) in [4.78, 5) is 29.1. The van der Waals surface area contributed by atoms with Gasteiger partial charge in [0.1, 0.15) is 18.5 Å². The lowest BCUT2D eigenvalue weighted by atomic mass is 9.98. The number of quaternary nitrogens is 1. The Morgan fingerprint density at radius 1 is 0.810 bits per heavy atom. The number of carbonyl (C=O) groups excluding carboxylic acids is 2. The molecule has 1 unspecified atom stereocenters. The quantitative estimate of drug-likeness (QED) is 0.0892. The first-order chi connectivity index (χ1) is 20.1. The highest BCUT2D eigenvalue weighted by molar-refractivity contribution is 6.35. The fraction of sp³-hybridized carbons (Fsp3) is 0.382. The molecule has 3 rings (SSSR count). The summed E-state index contributed by atoms with van der Waals surface area (Å²) in [7, 11) is 5.00. The van der Waals surface area contributed by atoms with Crippen LogP contribution in [0.3, 0.4) is 0 Å². The lowest BCUT2D eigenvalue weighted by Crippen LogP contribution is -2.49. The fourth-order valence-electron chi connectivity index (χ4n) is 5.04. The van der Waals surface area contributed by atoms with Gasteiger partial charge in [-0.2, -0.15) is 0 Å². The molecule has 8 heteroatoms. The van der Waals surface area contributed by atoms with Crippen LogP contribution in [0.2, 0.25) is 0 Å². The number of nitrogens with zero attached hydrogens (tertiary/aromatic N) is 3. The van der Waals surface area contributed by atoms with Crippen molar-refractivity contribution in [2.75, 3.05) is 27.9 Å². The number of aryl methyl sites for hydroxylation is 3. The van der Waals surface area contributed by atoms with Crippen molar-refractivity contribution in [3.63, 3.8) is 0 Å². The summed E-state index contributed by atoms with van der Waals surface area (Å²) < 4.78 is 15.8. The maximum absolute atomic E-state index is 13.7. The van der Waals surface area contributed by atoms with Gasteiger partial charge in [0, 0.05) is 24.2 Å². The number of methoxy groups -OCH3 is 2. The maximum atomic E-state index is 13.7. The monoisotopic (exact) mass is 574 g/mol. The van der Waals surface area contributed by atoms with E-state index in [4.69, 9.17) is 19.3 Å². The van der Waals surface area contributed by atoms with Crippen LogP contribution in [0.5, 0.6) is 11.5 Å². The van der Waals surface area contributed by atoms with Gasteiger partial charge in [-0.25, -0.2) is 9.59 Å². The van der Waals surface area contributed by atoms with Gasteiger partial charge < -0.3 is 19.1 Å². The number of amidine groups is 1. The second-order valence-corrected chi connectivity index (χ2v) is 10.3. The van der Waals surface area contributed by atoms with E-state index in [9.17, 15) is 9.59 Å². The van der Waals surface area contributed by atoms with Gasteiger partial charge in [0.25, 0.3) is 5.84 Å². The van der Waals surface area contributed by atoms with Crippen LogP contribution >= 0.6 is 0 Å². The summed E-state index contributed by atoms with van der Waals surface area (Å²) in [5, 5.41) is 5.01. The molecule has 0 saturated carbocycles. The average molecular weight is 575 g/mol. The number of rotatable bonds is 11. The third kappa shape index (κ3) is 7.56. The van der Waals surface area contributed by atoms with Gasteiger partial charge in [-0.1, -0.05) is 55.8 Å². The molecule has 8 nitrogen and oxygen atoms in total. The molecule has 1 amide bonds. The molecule has 0 fully saturated rings. The van der Waals surface area contributed by atoms with Crippen molar-refractivity contribution in [1.82, 2.24) is 9.49 Å². The highest BCUT2D eigenvalue weighted by Gasteiger charge is 2.39. The Morgan fingerprint density at radius 2 is 1.26 bits per heavy atom. The highest BCUT2D eigenvalue weighted by Crippen LogP contribution is 2.34. The van der Waals surface area contributed by atoms with E-state index in [-0.39, 0.29) is 18.3 Å². The Labute approximate surface area is 250 Å². The molecule has 0 spiro atoms. The topological polar surface area (TPSA) is 77.4 Å². The third-order valence-corrected chi connectivity index (χ3v) is 7.34. The number of esters is 1. The third-order valence-electron chi connectivity index (χ3n) is 7.34. The van der Waals surface area contributed by atoms with Crippen LogP contribution in [0.1, 0.15) is 55.5 Å². The molecule has 0 saturated heterocycles. The first kappa shape index (κ1) is 32.3. The van der Waals surface area contributed by atoms with Crippen LogP contribution in [-0.4, -0.2) is 50.5 Å². The first-order valence-electron chi connectivity index (χ1n) is 14.4. The van der Waals surface area contributed by atoms with Gasteiger partial charge in [-0.15, -0.1) is 4.59 Å². The zero-order chi connectivity index (χ0) is 30.9. The Hall–Kier alpha value is -4.17. The van der Waals surface area contributed by atoms with Crippen molar-refractivity contribution >= 4 is 23.4 Å². The zero-order valence-corrected chi connectivity index (χ0v) is 26.2. The second kappa shape index (κ2) is 14.6. The van der Waals surface area contributed by atoms with E-state index in [0.717, 1.165) is 57.8 Å². The summed E-state index contributed by atoms with van der Waals surface area (Å²) in [6, 6.07) is 19.5. The Bertz CT molecular complexity index is 1330. The Kier molecular flexibility index (Phi) is 11.3. The van der Waals surface area contributed by atoms with Crippen molar-refractivity contribution in [3.05, 3.63) is 88.5 Å². The van der Waals surface area contributed by atoms with E-state index in [0.29, 0.717) is 13.1 Å². The minimum atomic E-state index is -0.590. The minimum absolute atomic E-state index is 0.0749. The largest absolute Gasteiger partial charge is 0.497 e. The summed E-state index contributed by atoms with van der Waals surface area (Å²) in [6.45, 7) is 10.3. The van der Waals surface area contributed by atoms with Gasteiger partial charge in [0.15, 0.2) is 5.69 Å². The number of benzene rings is 3. The first-order valence-corrected chi connectivity index (χ1v) is 14.4. The van der Waals surface area contributed by atoms with Gasteiger partial charge >= 0.3 is 11.9 Å². The van der Waals surface area contributed by atoms with Gasteiger partial charge in [-0.3, -0.25) is 0 Å². The number of amides is 1. The highest BCUT2D eigenvalue weighted by atomic mass is 16.5. The molecule has 1 atom stereocenters. The Morgan fingerprint density at radius 3 is 1.62 bits per heavy atom. The van der Waals surface area contributed by atoms with Crippen molar-refractivity contribution in [1.29, 1.82) is 0 Å². The molecular formula is C34H44N3O5+. The summed E-state index contributed by atoms with van der Waals surface area (Å²) >= 11 is 0. The molecule has 0 bridgehead atoms. The average Bonchev–Trinajstić information content (AvgIpc) is 2.99. The number of hydrogen-bond donors (Lipinski definition) is 0. The SMILES string of the molecule is CCOC(=O)C(=N[N+](C)(C(C)=O)c1c(CC)cc(C)cc1CC)N(Cc1ccc(OC)cc1)Cc1ccc(OC)cc1. The lowest BCUT2D eigenvalue weighted by Gasteiger charge is -2.31. The van der Waals surface area contributed by atoms with E-state index >= 15 is 0 Å². The van der Waals surface area contributed by atoms with E-state index < -0.39 is 10.6 Å².